The van der Waals surface area contributed by atoms with E-state index in [9.17, 15) is 19.2 Å². The fourth-order valence-electron chi connectivity index (χ4n) is 4.32. The maximum absolute atomic E-state index is 13.2. The first kappa shape index (κ1) is 21.4. The van der Waals surface area contributed by atoms with E-state index in [4.69, 9.17) is 4.42 Å². The molecule has 34 heavy (non-hydrogen) atoms. The molecule has 0 atom stereocenters. The molecule has 0 spiro atoms. The number of halogens is 1. The Morgan fingerprint density at radius 3 is 2.59 bits per heavy atom. The molecular weight excluding hydrogens is 437 g/mol. The molecule has 0 bridgehead atoms. The molecule has 8 nitrogen and oxygen atoms in total. The fourth-order valence-corrected chi connectivity index (χ4v) is 4.32. The zero-order valence-corrected chi connectivity index (χ0v) is 18.1. The van der Waals surface area contributed by atoms with Crippen LogP contribution < -0.4 is 11.1 Å². The second-order valence-electron chi connectivity index (χ2n) is 8.02. The summed E-state index contributed by atoms with van der Waals surface area (Å²) in [5.74, 6) is -1.39. The van der Waals surface area contributed by atoms with Gasteiger partial charge in [0.1, 0.15) is 24.2 Å². The van der Waals surface area contributed by atoms with Gasteiger partial charge >= 0.3 is 5.76 Å². The van der Waals surface area contributed by atoms with E-state index in [0.717, 1.165) is 47.3 Å². The van der Waals surface area contributed by atoms with Crippen molar-refractivity contribution in [2.45, 2.75) is 32.2 Å². The summed E-state index contributed by atoms with van der Waals surface area (Å²) < 4.78 is 21.1. The summed E-state index contributed by atoms with van der Waals surface area (Å²) in [5, 5.41) is 16.8. The van der Waals surface area contributed by atoms with Crippen molar-refractivity contribution in [1.29, 1.82) is 5.26 Å². The van der Waals surface area contributed by atoms with E-state index in [1.54, 1.807) is 0 Å². The normalized spacial score (nSPS) is 12.7. The van der Waals surface area contributed by atoms with Crippen LogP contribution in [0.15, 0.2) is 63.8 Å². The van der Waals surface area contributed by atoms with Gasteiger partial charge in [0.2, 0.25) is 11.8 Å². The number of hydrogen-bond acceptors (Lipinski definition) is 5. The van der Waals surface area contributed by atoms with Crippen LogP contribution in [-0.2, 0) is 24.2 Å². The number of aromatic nitrogens is 3. The molecule has 9 heteroatoms. The molecule has 1 amide bonds. The van der Waals surface area contributed by atoms with Crippen LogP contribution in [0.5, 0.6) is 0 Å². The van der Waals surface area contributed by atoms with E-state index in [-0.39, 0.29) is 5.89 Å². The Balaban J connectivity index is 1.47. The molecule has 1 N–H and O–H groups in total. The van der Waals surface area contributed by atoms with Crippen molar-refractivity contribution in [1.82, 2.24) is 14.3 Å². The molecule has 2 aromatic heterocycles. The minimum Gasteiger partial charge on any atom is -0.388 e. The first-order valence-electron chi connectivity index (χ1n) is 10.9. The minimum absolute atomic E-state index is 0.0151. The van der Waals surface area contributed by atoms with Gasteiger partial charge in [0.15, 0.2) is 0 Å². The topological polar surface area (TPSA) is 106 Å². The first-order chi connectivity index (χ1) is 16.5. The van der Waals surface area contributed by atoms with E-state index < -0.39 is 24.0 Å². The van der Waals surface area contributed by atoms with Crippen molar-refractivity contribution in [2.24, 2.45) is 0 Å². The van der Waals surface area contributed by atoms with Crippen LogP contribution in [0.25, 0.3) is 17.1 Å². The number of benzene rings is 2. The molecule has 0 aliphatic heterocycles. The maximum Gasteiger partial charge on any atom is 0.437 e. The monoisotopic (exact) mass is 457 g/mol. The molecule has 5 rings (SSSR count). The average Bonchev–Trinajstić information content (AvgIpc) is 3.36. The van der Waals surface area contributed by atoms with Gasteiger partial charge in [0.25, 0.3) is 0 Å². The van der Waals surface area contributed by atoms with Crippen LogP contribution in [0.3, 0.4) is 0 Å². The van der Waals surface area contributed by atoms with Crippen molar-refractivity contribution in [3.8, 4) is 23.2 Å². The summed E-state index contributed by atoms with van der Waals surface area (Å²) in [7, 11) is 0. The highest BCUT2D eigenvalue weighted by molar-refractivity contribution is 5.92. The van der Waals surface area contributed by atoms with Gasteiger partial charge in [-0.15, -0.1) is 5.10 Å². The van der Waals surface area contributed by atoms with Crippen molar-refractivity contribution < 1.29 is 13.6 Å². The van der Waals surface area contributed by atoms with E-state index in [0.29, 0.717) is 16.9 Å². The summed E-state index contributed by atoms with van der Waals surface area (Å²) in [6.45, 7) is -0.404. The Morgan fingerprint density at radius 2 is 1.85 bits per heavy atom. The van der Waals surface area contributed by atoms with Gasteiger partial charge in [-0.2, -0.15) is 9.94 Å². The van der Waals surface area contributed by atoms with Gasteiger partial charge in [-0.3, -0.25) is 9.36 Å². The predicted molar refractivity (Wildman–Crippen MR) is 122 cm³/mol. The standard InChI is InChI=1S/C25H20FN5O3/c26-17-12-10-16(11-13-17)24-29-30(25(33)34-24)15-22(32)28-23-20(14-27)19-8-4-5-9-21(19)31(23)18-6-2-1-3-7-18/h1-3,6-7,10-13H,4-5,8-9,15H2,(H,28,32). The number of carbonyl (C=O) groups is 1. The molecule has 0 saturated heterocycles. The highest BCUT2D eigenvalue weighted by Gasteiger charge is 2.27. The molecular formula is C25H20FN5O3. The number of nitrogens with one attached hydrogen (secondary N) is 1. The number of para-hydroxylation sites is 1. The fraction of sp³-hybridized carbons (Fsp3) is 0.200. The lowest BCUT2D eigenvalue weighted by molar-refractivity contribution is -0.117. The molecule has 170 valence electrons. The summed E-state index contributed by atoms with van der Waals surface area (Å²) in [6.07, 6.45) is 3.56. The smallest absolute Gasteiger partial charge is 0.388 e. The minimum atomic E-state index is -0.812. The van der Waals surface area contributed by atoms with Crippen LogP contribution in [0.4, 0.5) is 10.2 Å². The highest BCUT2D eigenvalue weighted by atomic mass is 19.1. The largest absolute Gasteiger partial charge is 0.437 e. The first-order valence-corrected chi connectivity index (χ1v) is 10.9. The van der Waals surface area contributed by atoms with Crippen LogP contribution >= 0.6 is 0 Å². The Bertz CT molecular complexity index is 1460. The summed E-state index contributed by atoms with van der Waals surface area (Å²) in [6, 6.07) is 17.1. The summed E-state index contributed by atoms with van der Waals surface area (Å²) >= 11 is 0. The number of nitriles is 1. The average molecular weight is 457 g/mol. The lowest BCUT2D eigenvalue weighted by atomic mass is 9.95. The lowest BCUT2D eigenvalue weighted by Gasteiger charge is -2.17. The van der Waals surface area contributed by atoms with Gasteiger partial charge in [0, 0.05) is 16.9 Å². The third-order valence-electron chi connectivity index (χ3n) is 5.85. The number of anilines is 1. The molecule has 0 fully saturated rings. The number of amides is 1. The van der Waals surface area contributed by atoms with Crippen LogP contribution in [0.2, 0.25) is 0 Å². The zero-order valence-electron chi connectivity index (χ0n) is 18.1. The van der Waals surface area contributed by atoms with Crippen molar-refractivity contribution in [3.63, 3.8) is 0 Å². The number of fused-ring (bicyclic) bond motifs is 1. The Kier molecular flexibility index (Phi) is 5.55. The molecule has 2 aromatic carbocycles. The van der Waals surface area contributed by atoms with Crippen LogP contribution in [-0.4, -0.2) is 20.3 Å². The molecule has 1 aliphatic rings. The SMILES string of the molecule is N#Cc1c2c(n(-c3ccccc3)c1NC(=O)Cn1nc(-c3ccc(F)cc3)oc1=O)CCCC2. The second kappa shape index (κ2) is 8.83. The predicted octanol–water partition coefficient (Wildman–Crippen LogP) is 3.82. The third kappa shape index (κ3) is 3.90. The maximum atomic E-state index is 13.2. The van der Waals surface area contributed by atoms with E-state index in [1.165, 1.54) is 24.3 Å². The molecule has 0 radical (unpaired) electrons. The van der Waals surface area contributed by atoms with Gasteiger partial charge in [-0.05, 0) is 67.6 Å². The highest BCUT2D eigenvalue weighted by Crippen LogP contribution is 2.35. The molecule has 4 aromatic rings. The molecule has 0 saturated carbocycles. The van der Waals surface area contributed by atoms with E-state index >= 15 is 0 Å². The Morgan fingerprint density at radius 1 is 1.12 bits per heavy atom. The van der Waals surface area contributed by atoms with Gasteiger partial charge in [-0.25, -0.2) is 9.18 Å². The van der Waals surface area contributed by atoms with E-state index in [2.05, 4.69) is 16.5 Å². The van der Waals surface area contributed by atoms with Crippen LogP contribution in [0.1, 0.15) is 29.7 Å². The van der Waals surface area contributed by atoms with Gasteiger partial charge in [-0.1, -0.05) is 18.2 Å². The number of carbonyl (C=O) groups excluding carboxylic acids is 1. The molecule has 1 aliphatic carbocycles. The summed E-state index contributed by atoms with van der Waals surface area (Å²) in [5.41, 5.74) is 3.66. The Hall–Kier alpha value is -4.45. The lowest BCUT2D eigenvalue weighted by Crippen LogP contribution is -2.27. The second-order valence-corrected chi connectivity index (χ2v) is 8.02. The van der Waals surface area contributed by atoms with Gasteiger partial charge < -0.3 is 9.73 Å². The zero-order chi connectivity index (χ0) is 23.7. The third-order valence-corrected chi connectivity index (χ3v) is 5.85. The van der Waals surface area contributed by atoms with Crippen molar-refractivity contribution in [2.75, 3.05) is 5.32 Å². The van der Waals surface area contributed by atoms with Crippen molar-refractivity contribution in [3.05, 3.63) is 87.8 Å². The number of hydrogen-bond donors (Lipinski definition) is 1. The van der Waals surface area contributed by atoms with Crippen LogP contribution in [0, 0.1) is 17.1 Å². The summed E-state index contributed by atoms with van der Waals surface area (Å²) in [4.78, 5) is 25.2. The Labute approximate surface area is 193 Å². The molecule has 2 heterocycles. The number of nitrogens with zero attached hydrogens (tertiary/aromatic N) is 4. The quantitative estimate of drug-likeness (QED) is 0.490. The number of rotatable bonds is 5. The van der Waals surface area contributed by atoms with Crippen molar-refractivity contribution >= 4 is 11.7 Å². The van der Waals surface area contributed by atoms with Gasteiger partial charge in [0.05, 0.1) is 5.56 Å². The molecule has 0 unspecified atom stereocenters. The van der Waals surface area contributed by atoms with E-state index in [1.807, 2.05) is 34.9 Å².